The topological polar surface area (TPSA) is 74.2 Å². The van der Waals surface area contributed by atoms with Crippen molar-refractivity contribution < 1.29 is 22.4 Å². The van der Waals surface area contributed by atoms with E-state index in [2.05, 4.69) is 30.8 Å². The van der Waals surface area contributed by atoms with E-state index in [0.29, 0.717) is 15.7 Å². The maximum atomic E-state index is 11.9. The molecule has 9 heteroatoms. The van der Waals surface area contributed by atoms with Crippen LogP contribution in [0.5, 0.6) is 0 Å². The number of hydrogen-bond acceptors (Lipinski definition) is 5. The van der Waals surface area contributed by atoms with Crippen molar-refractivity contribution in [2.24, 2.45) is 0 Å². The van der Waals surface area contributed by atoms with E-state index in [9.17, 15) is 13.2 Å². The Balaban J connectivity index is 2.07. The van der Waals surface area contributed by atoms with Gasteiger partial charge < -0.3 is 15.0 Å². The van der Waals surface area contributed by atoms with E-state index in [0.717, 1.165) is 0 Å². The number of alkyl halides is 3. The molecule has 0 saturated heterocycles. The molecule has 2 aromatic rings. The molecule has 0 bridgehead atoms. The third-order valence-electron chi connectivity index (χ3n) is 2.25. The molecule has 1 heterocycles. The smallest absolute Gasteiger partial charge is 0.397 e. The largest absolute Gasteiger partial charge is 0.411 e. The second-order valence-corrected chi connectivity index (χ2v) is 4.68. The van der Waals surface area contributed by atoms with Crippen LogP contribution in [0.4, 0.5) is 18.9 Å². The minimum atomic E-state index is -4.39. The van der Waals surface area contributed by atoms with E-state index in [1.807, 2.05) is 0 Å². The summed E-state index contributed by atoms with van der Waals surface area (Å²) in [4.78, 5) is 3.93. The Kier molecular flexibility index (Phi) is 4.29. The van der Waals surface area contributed by atoms with E-state index >= 15 is 0 Å². The number of nitrogens with two attached hydrogens (primary N) is 1. The quantitative estimate of drug-likeness (QED) is 0.856. The Morgan fingerprint density at radius 3 is 2.80 bits per heavy atom. The summed E-state index contributed by atoms with van der Waals surface area (Å²) >= 11 is 3.25. The lowest BCUT2D eigenvalue weighted by Crippen LogP contribution is -2.16. The number of rotatable bonds is 4. The van der Waals surface area contributed by atoms with Crippen LogP contribution in [-0.4, -0.2) is 22.9 Å². The van der Waals surface area contributed by atoms with Crippen LogP contribution in [0.15, 0.2) is 27.2 Å². The van der Waals surface area contributed by atoms with Crippen molar-refractivity contribution in [3.8, 4) is 11.5 Å². The summed E-state index contributed by atoms with van der Waals surface area (Å²) in [5.41, 5.74) is 6.72. The predicted molar refractivity (Wildman–Crippen MR) is 67.6 cm³/mol. The summed E-state index contributed by atoms with van der Waals surface area (Å²) in [6, 6.07) is 5.12. The Morgan fingerprint density at radius 2 is 2.10 bits per heavy atom. The van der Waals surface area contributed by atoms with Crippen LogP contribution in [0.1, 0.15) is 5.82 Å². The molecule has 0 atom stereocenters. The highest BCUT2D eigenvalue weighted by Gasteiger charge is 2.27. The Morgan fingerprint density at radius 1 is 1.35 bits per heavy atom. The molecular weight excluding hydrogens is 343 g/mol. The number of para-hydroxylation sites is 1. The number of benzene rings is 1. The minimum absolute atomic E-state index is 0.0172. The van der Waals surface area contributed by atoms with E-state index < -0.39 is 19.4 Å². The molecule has 0 aliphatic heterocycles. The molecular formula is C11H9BrF3N3O2. The molecule has 20 heavy (non-hydrogen) atoms. The average Bonchev–Trinajstić information content (AvgIpc) is 2.79. The molecule has 2 N–H and O–H groups in total. The zero-order chi connectivity index (χ0) is 14.8. The molecule has 0 aliphatic rings. The molecule has 0 fully saturated rings. The number of nitrogen functional groups attached to an aromatic ring is 1. The Bertz CT molecular complexity index is 601. The molecule has 1 aromatic carbocycles. The lowest BCUT2D eigenvalue weighted by Gasteiger charge is -2.04. The van der Waals surface area contributed by atoms with Gasteiger partial charge in [-0.05, 0) is 28.1 Å². The molecule has 0 spiro atoms. The summed E-state index contributed by atoms with van der Waals surface area (Å²) in [6.45, 7) is -1.76. The van der Waals surface area contributed by atoms with Crippen molar-refractivity contribution in [2.75, 3.05) is 12.3 Å². The lowest BCUT2D eigenvalue weighted by atomic mass is 10.2. The summed E-state index contributed by atoms with van der Waals surface area (Å²) in [5, 5.41) is 3.53. The van der Waals surface area contributed by atoms with Gasteiger partial charge in [-0.15, -0.1) is 0 Å². The number of ether oxygens (including phenoxy) is 1. The van der Waals surface area contributed by atoms with Crippen LogP contribution in [-0.2, 0) is 11.3 Å². The predicted octanol–water partition coefficient (Wildman–Crippen LogP) is 3.16. The minimum Gasteiger partial charge on any atom is -0.397 e. The molecule has 0 aliphatic carbocycles. The molecule has 0 radical (unpaired) electrons. The van der Waals surface area contributed by atoms with E-state index in [1.165, 1.54) is 0 Å². The van der Waals surface area contributed by atoms with E-state index in [1.54, 1.807) is 18.2 Å². The highest BCUT2D eigenvalue weighted by molar-refractivity contribution is 9.10. The SMILES string of the molecule is Nc1c(Br)cccc1-c1nc(COCC(F)(F)F)no1. The number of hydrogen-bond donors (Lipinski definition) is 1. The van der Waals surface area contributed by atoms with Crippen LogP contribution in [0, 0.1) is 0 Å². The van der Waals surface area contributed by atoms with Gasteiger partial charge in [0.15, 0.2) is 5.82 Å². The van der Waals surface area contributed by atoms with Gasteiger partial charge in [0.05, 0.1) is 11.3 Å². The lowest BCUT2D eigenvalue weighted by molar-refractivity contribution is -0.177. The van der Waals surface area contributed by atoms with Crippen LogP contribution in [0.3, 0.4) is 0 Å². The molecule has 0 unspecified atom stereocenters. The van der Waals surface area contributed by atoms with Gasteiger partial charge in [0, 0.05) is 4.47 Å². The fraction of sp³-hybridized carbons (Fsp3) is 0.273. The molecule has 2 rings (SSSR count). The first-order chi connectivity index (χ1) is 9.37. The summed E-state index contributed by atoms with van der Waals surface area (Å²) in [7, 11) is 0. The fourth-order valence-corrected chi connectivity index (χ4v) is 1.77. The monoisotopic (exact) mass is 351 g/mol. The molecule has 5 nitrogen and oxygen atoms in total. The van der Waals surface area contributed by atoms with Gasteiger partial charge in [-0.3, -0.25) is 0 Å². The second-order valence-electron chi connectivity index (χ2n) is 3.82. The first-order valence-electron chi connectivity index (χ1n) is 5.38. The van der Waals surface area contributed by atoms with Crippen LogP contribution < -0.4 is 5.73 Å². The molecule has 108 valence electrons. The first kappa shape index (κ1) is 14.8. The Hall–Kier alpha value is -1.61. The summed E-state index contributed by atoms with van der Waals surface area (Å²) < 4.78 is 45.8. The van der Waals surface area contributed by atoms with E-state index in [-0.39, 0.29) is 11.7 Å². The maximum absolute atomic E-state index is 11.9. The highest BCUT2D eigenvalue weighted by Crippen LogP contribution is 2.30. The van der Waals surface area contributed by atoms with Gasteiger partial charge in [0.2, 0.25) is 0 Å². The van der Waals surface area contributed by atoms with Crippen molar-refractivity contribution in [3.63, 3.8) is 0 Å². The van der Waals surface area contributed by atoms with Crippen molar-refractivity contribution in [1.82, 2.24) is 10.1 Å². The van der Waals surface area contributed by atoms with Gasteiger partial charge >= 0.3 is 6.18 Å². The van der Waals surface area contributed by atoms with Gasteiger partial charge in [0.25, 0.3) is 5.89 Å². The molecule has 0 amide bonds. The van der Waals surface area contributed by atoms with Crippen molar-refractivity contribution in [1.29, 1.82) is 0 Å². The number of anilines is 1. The second kappa shape index (κ2) is 5.80. The summed E-state index contributed by atoms with van der Waals surface area (Å²) in [5.74, 6) is 0.137. The third-order valence-corrected chi connectivity index (χ3v) is 2.94. The maximum Gasteiger partial charge on any atom is 0.411 e. The van der Waals surface area contributed by atoms with Crippen molar-refractivity contribution in [3.05, 3.63) is 28.5 Å². The number of aromatic nitrogens is 2. The standard InChI is InChI=1S/C11H9BrF3N3O2/c12-7-3-1-2-6(9(7)16)10-17-8(18-20-10)4-19-5-11(13,14)15/h1-3H,4-5,16H2. The van der Waals surface area contributed by atoms with Crippen LogP contribution in [0.25, 0.3) is 11.5 Å². The number of nitrogens with zero attached hydrogens (tertiary/aromatic N) is 2. The molecule has 0 saturated carbocycles. The van der Waals surface area contributed by atoms with Gasteiger partial charge in [-0.2, -0.15) is 18.2 Å². The van der Waals surface area contributed by atoms with Crippen LogP contribution >= 0.6 is 15.9 Å². The van der Waals surface area contributed by atoms with Crippen LogP contribution in [0.2, 0.25) is 0 Å². The summed E-state index contributed by atoms with van der Waals surface area (Å²) in [6.07, 6.45) is -4.39. The Labute approximate surface area is 120 Å². The highest BCUT2D eigenvalue weighted by atomic mass is 79.9. The first-order valence-corrected chi connectivity index (χ1v) is 6.17. The molecule has 1 aromatic heterocycles. The van der Waals surface area contributed by atoms with Gasteiger partial charge in [-0.25, -0.2) is 0 Å². The van der Waals surface area contributed by atoms with Gasteiger partial charge in [-0.1, -0.05) is 11.2 Å². The van der Waals surface area contributed by atoms with Crippen molar-refractivity contribution in [2.45, 2.75) is 12.8 Å². The zero-order valence-electron chi connectivity index (χ0n) is 9.95. The zero-order valence-corrected chi connectivity index (χ0v) is 11.5. The third kappa shape index (κ3) is 3.70. The average molecular weight is 352 g/mol. The van der Waals surface area contributed by atoms with E-state index in [4.69, 9.17) is 10.3 Å². The normalized spacial score (nSPS) is 11.8. The van der Waals surface area contributed by atoms with Crippen molar-refractivity contribution >= 4 is 21.6 Å². The fourth-order valence-electron chi connectivity index (χ4n) is 1.40. The number of halogens is 4. The van der Waals surface area contributed by atoms with Gasteiger partial charge in [0.1, 0.15) is 13.2 Å².